The summed E-state index contributed by atoms with van der Waals surface area (Å²) >= 11 is 0. The van der Waals surface area contributed by atoms with Gasteiger partial charge in [0, 0.05) is 13.5 Å². The van der Waals surface area contributed by atoms with Crippen molar-refractivity contribution in [1.29, 1.82) is 0 Å². The van der Waals surface area contributed by atoms with Gasteiger partial charge in [-0.25, -0.2) is 0 Å². The molecule has 0 aromatic heterocycles. The molecule has 0 radical (unpaired) electrons. The molecule has 1 atom stereocenters. The van der Waals surface area contributed by atoms with Crippen molar-refractivity contribution in [2.45, 2.75) is 25.9 Å². The topological polar surface area (TPSA) is 46.6 Å². The van der Waals surface area contributed by atoms with Gasteiger partial charge in [0.1, 0.15) is 12.0 Å². The molecule has 1 heterocycles. The molecule has 0 fully saturated rings. The summed E-state index contributed by atoms with van der Waals surface area (Å²) in [4.78, 5) is 23.7. The Morgan fingerprint density at radius 3 is 2.94 bits per heavy atom. The standard InChI is InChI=1S/C13H15NO3/c1-9-13(16)14(2)11-8-10(4-3-7-15)5-6-12(11)17-9/h5-9H,3-4H2,1-2H3. The van der Waals surface area contributed by atoms with E-state index >= 15 is 0 Å². The fourth-order valence-electron chi connectivity index (χ4n) is 1.94. The molecule has 1 aromatic carbocycles. The maximum Gasteiger partial charge on any atom is 0.267 e. The summed E-state index contributed by atoms with van der Waals surface area (Å²) in [5.74, 6) is 0.666. The molecule has 1 amide bonds. The minimum atomic E-state index is -0.437. The third-order valence-corrected chi connectivity index (χ3v) is 2.92. The number of anilines is 1. The van der Waals surface area contributed by atoms with Crippen molar-refractivity contribution in [2.24, 2.45) is 0 Å². The average molecular weight is 233 g/mol. The largest absolute Gasteiger partial charge is 0.479 e. The van der Waals surface area contributed by atoms with E-state index in [-0.39, 0.29) is 5.91 Å². The number of rotatable bonds is 3. The first-order chi connectivity index (χ1) is 8.13. The number of fused-ring (bicyclic) bond motifs is 1. The molecule has 1 aliphatic rings. The highest BCUT2D eigenvalue weighted by Crippen LogP contribution is 2.34. The molecule has 17 heavy (non-hydrogen) atoms. The van der Waals surface area contributed by atoms with Crippen LogP contribution in [0, 0.1) is 0 Å². The number of benzene rings is 1. The van der Waals surface area contributed by atoms with Gasteiger partial charge in [-0.2, -0.15) is 0 Å². The molecule has 0 N–H and O–H groups in total. The van der Waals surface area contributed by atoms with Crippen LogP contribution in [0.5, 0.6) is 5.75 Å². The number of hydrogen-bond acceptors (Lipinski definition) is 3. The number of aryl methyl sites for hydroxylation is 1. The highest BCUT2D eigenvalue weighted by molar-refractivity contribution is 5.99. The van der Waals surface area contributed by atoms with E-state index in [0.29, 0.717) is 12.8 Å². The first-order valence-corrected chi connectivity index (χ1v) is 5.64. The lowest BCUT2D eigenvalue weighted by Crippen LogP contribution is -2.42. The molecule has 4 nitrogen and oxygen atoms in total. The highest BCUT2D eigenvalue weighted by Gasteiger charge is 2.28. The lowest BCUT2D eigenvalue weighted by atomic mass is 10.1. The number of carbonyl (C=O) groups is 2. The van der Waals surface area contributed by atoms with Crippen LogP contribution in [0.25, 0.3) is 0 Å². The van der Waals surface area contributed by atoms with Crippen LogP contribution in [0.1, 0.15) is 18.9 Å². The third-order valence-electron chi connectivity index (χ3n) is 2.92. The van der Waals surface area contributed by atoms with E-state index in [4.69, 9.17) is 4.74 Å². The Kier molecular flexibility index (Phi) is 3.13. The monoisotopic (exact) mass is 233 g/mol. The zero-order valence-corrected chi connectivity index (χ0v) is 9.97. The zero-order chi connectivity index (χ0) is 12.4. The number of ether oxygens (including phenoxy) is 1. The van der Waals surface area contributed by atoms with Crippen LogP contribution in [-0.2, 0) is 16.0 Å². The second-order valence-electron chi connectivity index (χ2n) is 4.16. The number of nitrogens with zero attached hydrogens (tertiary/aromatic N) is 1. The van der Waals surface area contributed by atoms with Gasteiger partial charge in [0.25, 0.3) is 5.91 Å². The fourth-order valence-corrected chi connectivity index (χ4v) is 1.94. The van der Waals surface area contributed by atoms with Gasteiger partial charge in [0.05, 0.1) is 5.69 Å². The molecule has 2 rings (SSSR count). The summed E-state index contributed by atoms with van der Waals surface area (Å²) < 4.78 is 5.51. The van der Waals surface area contributed by atoms with Crippen LogP contribution in [0.15, 0.2) is 18.2 Å². The zero-order valence-electron chi connectivity index (χ0n) is 9.97. The molecule has 0 spiro atoms. The molecule has 4 heteroatoms. The predicted octanol–water partition coefficient (Wildman–Crippen LogP) is 1.56. The fraction of sp³-hybridized carbons (Fsp3) is 0.385. The van der Waals surface area contributed by atoms with E-state index in [9.17, 15) is 9.59 Å². The summed E-state index contributed by atoms with van der Waals surface area (Å²) in [6.45, 7) is 1.74. The van der Waals surface area contributed by atoms with Crippen molar-refractivity contribution in [3.05, 3.63) is 23.8 Å². The van der Waals surface area contributed by atoms with Crippen molar-refractivity contribution in [1.82, 2.24) is 0 Å². The van der Waals surface area contributed by atoms with Gasteiger partial charge in [-0.1, -0.05) is 6.07 Å². The Labute approximate surface area is 100 Å². The normalized spacial score (nSPS) is 18.6. The Morgan fingerprint density at radius 2 is 2.24 bits per heavy atom. The summed E-state index contributed by atoms with van der Waals surface area (Å²) in [6, 6.07) is 5.69. The summed E-state index contributed by atoms with van der Waals surface area (Å²) in [7, 11) is 1.74. The lowest BCUT2D eigenvalue weighted by Gasteiger charge is -2.30. The number of hydrogen-bond donors (Lipinski definition) is 0. The van der Waals surface area contributed by atoms with Gasteiger partial charge < -0.3 is 14.4 Å². The summed E-state index contributed by atoms with van der Waals surface area (Å²) in [5, 5.41) is 0. The van der Waals surface area contributed by atoms with Crippen molar-refractivity contribution >= 4 is 17.9 Å². The molecule has 1 aliphatic heterocycles. The average Bonchev–Trinajstić information content (AvgIpc) is 2.34. The Balaban J connectivity index is 2.31. The minimum Gasteiger partial charge on any atom is -0.479 e. The lowest BCUT2D eigenvalue weighted by molar-refractivity contribution is -0.125. The second kappa shape index (κ2) is 4.57. The van der Waals surface area contributed by atoms with Crippen LogP contribution in [0.4, 0.5) is 5.69 Å². The molecule has 0 saturated heterocycles. The molecule has 1 unspecified atom stereocenters. The van der Waals surface area contributed by atoms with Gasteiger partial charge >= 0.3 is 0 Å². The van der Waals surface area contributed by atoms with Crippen LogP contribution < -0.4 is 9.64 Å². The molecule has 0 saturated carbocycles. The van der Waals surface area contributed by atoms with Crippen LogP contribution in [-0.4, -0.2) is 25.3 Å². The van der Waals surface area contributed by atoms with E-state index in [2.05, 4.69) is 0 Å². The van der Waals surface area contributed by atoms with Crippen molar-refractivity contribution in [3.8, 4) is 5.75 Å². The third kappa shape index (κ3) is 2.16. The predicted molar refractivity (Wildman–Crippen MR) is 64.3 cm³/mol. The van der Waals surface area contributed by atoms with E-state index in [1.165, 1.54) is 0 Å². The van der Waals surface area contributed by atoms with E-state index in [1.807, 2.05) is 18.2 Å². The van der Waals surface area contributed by atoms with Crippen LogP contribution in [0.2, 0.25) is 0 Å². The minimum absolute atomic E-state index is 0.0509. The number of carbonyl (C=O) groups excluding carboxylic acids is 2. The van der Waals surface area contributed by atoms with Gasteiger partial charge in [-0.15, -0.1) is 0 Å². The van der Waals surface area contributed by atoms with Crippen molar-refractivity contribution in [2.75, 3.05) is 11.9 Å². The number of likely N-dealkylation sites (N-methyl/N-ethyl adjacent to an activating group) is 1. The van der Waals surface area contributed by atoms with Crippen LogP contribution in [0.3, 0.4) is 0 Å². The molecular weight excluding hydrogens is 218 g/mol. The smallest absolute Gasteiger partial charge is 0.267 e. The molecule has 90 valence electrons. The van der Waals surface area contributed by atoms with Gasteiger partial charge in [0.15, 0.2) is 6.10 Å². The maximum absolute atomic E-state index is 11.8. The number of amides is 1. The van der Waals surface area contributed by atoms with E-state index < -0.39 is 6.10 Å². The SMILES string of the molecule is CC1Oc2ccc(CCC=O)cc2N(C)C1=O. The Morgan fingerprint density at radius 1 is 1.47 bits per heavy atom. The summed E-state index contributed by atoms with van der Waals surface area (Å²) in [6.07, 6.45) is 1.64. The van der Waals surface area contributed by atoms with E-state index in [0.717, 1.165) is 23.3 Å². The van der Waals surface area contributed by atoms with Gasteiger partial charge in [-0.05, 0) is 31.0 Å². The molecule has 0 aliphatic carbocycles. The van der Waals surface area contributed by atoms with E-state index in [1.54, 1.807) is 18.9 Å². The van der Waals surface area contributed by atoms with Gasteiger partial charge in [-0.3, -0.25) is 4.79 Å². The summed E-state index contributed by atoms with van der Waals surface area (Å²) in [5.41, 5.74) is 1.81. The van der Waals surface area contributed by atoms with Crippen LogP contribution >= 0.6 is 0 Å². The second-order valence-corrected chi connectivity index (χ2v) is 4.16. The van der Waals surface area contributed by atoms with Crippen molar-refractivity contribution in [3.63, 3.8) is 0 Å². The number of aldehydes is 1. The molecular formula is C13H15NO3. The molecule has 1 aromatic rings. The first-order valence-electron chi connectivity index (χ1n) is 5.64. The Bertz CT molecular complexity index is 456. The van der Waals surface area contributed by atoms with Crippen molar-refractivity contribution < 1.29 is 14.3 Å². The Hall–Kier alpha value is -1.84. The first kappa shape index (κ1) is 11.6. The van der Waals surface area contributed by atoms with Gasteiger partial charge in [0.2, 0.25) is 0 Å². The quantitative estimate of drug-likeness (QED) is 0.744. The maximum atomic E-state index is 11.8. The molecule has 0 bridgehead atoms. The highest BCUT2D eigenvalue weighted by atomic mass is 16.5.